The Hall–Kier alpha value is -1.61. The Labute approximate surface area is 122 Å². The van der Waals surface area contributed by atoms with E-state index in [4.69, 9.17) is 0 Å². The highest BCUT2D eigenvalue weighted by molar-refractivity contribution is 5.21. The maximum atomic E-state index is 4.59. The molecular weight excluding hydrogens is 246 g/mol. The summed E-state index contributed by atoms with van der Waals surface area (Å²) in [6.07, 6.45) is 5.44. The molecule has 1 N–H and O–H groups in total. The van der Waals surface area contributed by atoms with Gasteiger partial charge < -0.3 is 5.32 Å². The van der Waals surface area contributed by atoms with Crippen molar-refractivity contribution in [2.75, 3.05) is 6.54 Å². The van der Waals surface area contributed by atoms with Gasteiger partial charge in [0.25, 0.3) is 0 Å². The number of nitrogens with zero attached hydrogens (tertiary/aromatic N) is 2. The number of nitrogens with one attached hydrogen (secondary N) is 1. The van der Waals surface area contributed by atoms with Gasteiger partial charge in [0.1, 0.15) is 0 Å². The van der Waals surface area contributed by atoms with Gasteiger partial charge in [-0.2, -0.15) is 5.10 Å². The van der Waals surface area contributed by atoms with Crippen LogP contribution in [0.25, 0.3) is 0 Å². The molecule has 0 fully saturated rings. The molecule has 1 aromatic heterocycles. The quantitative estimate of drug-likeness (QED) is 0.746. The molecule has 0 bridgehead atoms. The van der Waals surface area contributed by atoms with Gasteiger partial charge >= 0.3 is 0 Å². The summed E-state index contributed by atoms with van der Waals surface area (Å²) in [5.41, 5.74) is 4.03. The third-order valence-corrected chi connectivity index (χ3v) is 3.44. The Bertz CT molecular complexity index is 502. The van der Waals surface area contributed by atoms with Gasteiger partial charge in [0.2, 0.25) is 0 Å². The molecule has 0 spiro atoms. The van der Waals surface area contributed by atoms with Crippen molar-refractivity contribution in [3.8, 4) is 0 Å². The van der Waals surface area contributed by atoms with E-state index in [1.165, 1.54) is 23.2 Å². The highest BCUT2D eigenvalue weighted by Crippen LogP contribution is 2.13. The molecule has 0 atom stereocenters. The standard InChI is InChI=1S/C17H25N3/c1-3-8-17-16(12-18-11-4-2)13-19-20(17)14-15-9-6-5-7-10-15/h5-7,9-10,13,18H,3-4,8,11-12,14H2,1-2H3. The van der Waals surface area contributed by atoms with Crippen molar-refractivity contribution < 1.29 is 0 Å². The highest BCUT2D eigenvalue weighted by atomic mass is 15.3. The van der Waals surface area contributed by atoms with Crippen molar-refractivity contribution >= 4 is 0 Å². The molecule has 1 heterocycles. The molecule has 20 heavy (non-hydrogen) atoms. The number of benzene rings is 1. The van der Waals surface area contributed by atoms with Crippen LogP contribution in [0.3, 0.4) is 0 Å². The van der Waals surface area contributed by atoms with Crippen LogP contribution < -0.4 is 5.32 Å². The molecule has 0 saturated heterocycles. The summed E-state index contributed by atoms with van der Waals surface area (Å²) >= 11 is 0. The van der Waals surface area contributed by atoms with Gasteiger partial charge in [-0.15, -0.1) is 0 Å². The minimum absolute atomic E-state index is 0.865. The Morgan fingerprint density at radius 3 is 2.60 bits per heavy atom. The fraction of sp³-hybridized carbons (Fsp3) is 0.471. The first-order chi connectivity index (χ1) is 9.85. The third kappa shape index (κ3) is 3.94. The zero-order valence-electron chi connectivity index (χ0n) is 12.6. The predicted molar refractivity (Wildman–Crippen MR) is 83.8 cm³/mol. The van der Waals surface area contributed by atoms with Crippen molar-refractivity contribution in [3.63, 3.8) is 0 Å². The maximum absolute atomic E-state index is 4.59. The molecule has 0 aliphatic rings. The average Bonchev–Trinajstić information content (AvgIpc) is 2.84. The predicted octanol–water partition coefficient (Wildman–Crippen LogP) is 3.38. The zero-order valence-corrected chi connectivity index (χ0v) is 12.6. The molecule has 3 nitrogen and oxygen atoms in total. The summed E-state index contributed by atoms with van der Waals surface area (Å²) in [5, 5.41) is 8.06. The summed E-state index contributed by atoms with van der Waals surface area (Å²) in [5.74, 6) is 0. The fourth-order valence-electron chi connectivity index (χ4n) is 2.42. The summed E-state index contributed by atoms with van der Waals surface area (Å²) in [6, 6.07) is 10.5. The Morgan fingerprint density at radius 2 is 1.90 bits per heavy atom. The molecule has 3 heteroatoms. The van der Waals surface area contributed by atoms with Gasteiger partial charge in [0, 0.05) is 17.8 Å². The van der Waals surface area contributed by atoms with E-state index in [-0.39, 0.29) is 0 Å². The van der Waals surface area contributed by atoms with Gasteiger partial charge in [0.05, 0.1) is 12.7 Å². The van der Waals surface area contributed by atoms with Crippen LogP contribution in [0.5, 0.6) is 0 Å². The van der Waals surface area contributed by atoms with E-state index in [2.05, 4.69) is 59.3 Å². The topological polar surface area (TPSA) is 29.9 Å². The van der Waals surface area contributed by atoms with Gasteiger partial charge in [0.15, 0.2) is 0 Å². The van der Waals surface area contributed by atoms with Crippen LogP contribution in [0, 0.1) is 0 Å². The molecule has 0 aliphatic heterocycles. The number of hydrogen-bond donors (Lipinski definition) is 1. The SMILES string of the molecule is CCCNCc1cnn(Cc2ccccc2)c1CCC. The van der Waals surface area contributed by atoms with Gasteiger partial charge in [-0.05, 0) is 24.9 Å². The van der Waals surface area contributed by atoms with E-state index < -0.39 is 0 Å². The summed E-state index contributed by atoms with van der Waals surface area (Å²) < 4.78 is 2.15. The van der Waals surface area contributed by atoms with Crippen LogP contribution in [-0.4, -0.2) is 16.3 Å². The van der Waals surface area contributed by atoms with Crippen LogP contribution in [-0.2, 0) is 19.5 Å². The first-order valence-corrected chi connectivity index (χ1v) is 7.63. The first kappa shape index (κ1) is 14.8. The third-order valence-electron chi connectivity index (χ3n) is 3.44. The minimum atomic E-state index is 0.865. The normalized spacial score (nSPS) is 10.9. The number of aromatic nitrogens is 2. The van der Waals surface area contributed by atoms with E-state index in [0.717, 1.165) is 32.5 Å². The lowest BCUT2D eigenvalue weighted by Gasteiger charge is -2.10. The fourth-order valence-corrected chi connectivity index (χ4v) is 2.42. The molecule has 0 radical (unpaired) electrons. The molecule has 0 unspecified atom stereocenters. The summed E-state index contributed by atoms with van der Waals surface area (Å²) in [4.78, 5) is 0. The summed E-state index contributed by atoms with van der Waals surface area (Å²) in [7, 11) is 0. The zero-order chi connectivity index (χ0) is 14.2. The van der Waals surface area contributed by atoms with Crippen molar-refractivity contribution in [2.45, 2.75) is 46.2 Å². The summed E-state index contributed by atoms with van der Waals surface area (Å²) in [6.45, 7) is 7.28. The average molecular weight is 271 g/mol. The second kappa shape index (κ2) is 7.85. The Balaban J connectivity index is 2.11. The van der Waals surface area contributed by atoms with Crippen LogP contribution in [0.1, 0.15) is 43.5 Å². The second-order valence-corrected chi connectivity index (χ2v) is 5.19. The lowest BCUT2D eigenvalue weighted by atomic mass is 10.1. The lowest BCUT2D eigenvalue weighted by molar-refractivity contribution is 0.625. The van der Waals surface area contributed by atoms with E-state index in [0.29, 0.717) is 0 Å². The van der Waals surface area contributed by atoms with Gasteiger partial charge in [-0.25, -0.2) is 0 Å². The van der Waals surface area contributed by atoms with Crippen LogP contribution in [0.15, 0.2) is 36.5 Å². The lowest BCUT2D eigenvalue weighted by Crippen LogP contribution is -2.15. The molecule has 0 amide bonds. The van der Waals surface area contributed by atoms with Crippen molar-refractivity contribution in [1.82, 2.24) is 15.1 Å². The molecule has 108 valence electrons. The van der Waals surface area contributed by atoms with E-state index in [9.17, 15) is 0 Å². The highest BCUT2D eigenvalue weighted by Gasteiger charge is 2.10. The van der Waals surface area contributed by atoms with Crippen molar-refractivity contribution in [1.29, 1.82) is 0 Å². The molecular formula is C17H25N3. The molecule has 0 saturated carbocycles. The molecule has 2 rings (SSSR count). The number of hydrogen-bond acceptors (Lipinski definition) is 2. The van der Waals surface area contributed by atoms with Gasteiger partial charge in [-0.3, -0.25) is 4.68 Å². The Morgan fingerprint density at radius 1 is 1.10 bits per heavy atom. The van der Waals surface area contributed by atoms with E-state index in [1.807, 2.05) is 6.20 Å². The number of rotatable bonds is 8. The van der Waals surface area contributed by atoms with E-state index >= 15 is 0 Å². The monoisotopic (exact) mass is 271 g/mol. The Kier molecular flexibility index (Phi) is 5.81. The van der Waals surface area contributed by atoms with Crippen LogP contribution >= 0.6 is 0 Å². The van der Waals surface area contributed by atoms with Crippen LogP contribution in [0.2, 0.25) is 0 Å². The van der Waals surface area contributed by atoms with Crippen molar-refractivity contribution in [2.24, 2.45) is 0 Å². The molecule has 0 aliphatic carbocycles. The molecule has 2 aromatic rings. The first-order valence-electron chi connectivity index (χ1n) is 7.63. The van der Waals surface area contributed by atoms with E-state index in [1.54, 1.807) is 0 Å². The second-order valence-electron chi connectivity index (χ2n) is 5.19. The smallest absolute Gasteiger partial charge is 0.0662 e. The molecule has 1 aromatic carbocycles. The minimum Gasteiger partial charge on any atom is -0.313 e. The van der Waals surface area contributed by atoms with Crippen molar-refractivity contribution in [3.05, 3.63) is 53.3 Å². The van der Waals surface area contributed by atoms with Crippen LogP contribution in [0.4, 0.5) is 0 Å². The maximum Gasteiger partial charge on any atom is 0.0662 e. The largest absolute Gasteiger partial charge is 0.313 e. The van der Waals surface area contributed by atoms with Gasteiger partial charge in [-0.1, -0.05) is 50.6 Å².